The summed E-state index contributed by atoms with van der Waals surface area (Å²) in [5.74, 6) is -0.0187. The molecule has 0 spiro atoms. The van der Waals surface area contributed by atoms with Gasteiger partial charge in [0.25, 0.3) is 0 Å². The summed E-state index contributed by atoms with van der Waals surface area (Å²) in [6.07, 6.45) is 5.17. The van der Waals surface area contributed by atoms with Gasteiger partial charge in [-0.3, -0.25) is 14.3 Å². The van der Waals surface area contributed by atoms with E-state index in [0.717, 1.165) is 63.8 Å². The van der Waals surface area contributed by atoms with Gasteiger partial charge in [-0.2, -0.15) is 8.78 Å². The Morgan fingerprint density at radius 1 is 1.22 bits per heavy atom. The Balaban J connectivity index is 1.19. The number of benzene rings is 1. The average molecular weight is 625 g/mol. The van der Waals surface area contributed by atoms with Crippen LogP contribution in [0.1, 0.15) is 43.7 Å². The SMILES string of the molecule is C=CC(=O)N1CC(CN2CCC(n3nnc(-c4cc(OCC(C)(O)c5ccc(F)cn5)c5c(c4)ncn5C(F)F)c3C)CC2)C1. The Morgan fingerprint density at radius 2 is 1.98 bits per heavy atom. The molecular formula is C31H35F3N8O3. The van der Waals surface area contributed by atoms with E-state index in [1.165, 1.54) is 25.1 Å². The number of imidazole rings is 1. The predicted molar refractivity (Wildman–Crippen MR) is 159 cm³/mol. The molecule has 0 aliphatic carbocycles. The Morgan fingerprint density at radius 3 is 2.64 bits per heavy atom. The maximum absolute atomic E-state index is 13.9. The topological polar surface area (TPSA) is 114 Å². The van der Waals surface area contributed by atoms with Crippen LogP contribution in [0.2, 0.25) is 0 Å². The molecule has 4 aromatic rings. The highest BCUT2D eigenvalue weighted by molar-refractivity contribution is 5.88. The molecule has 45 heavy (non-hydrogen) atoms. The van der Waals surface area contributed by atoms with Crippen LogP contribution in [-0.2, 0) is 10.4 Å². The third kappa shape index (κ3) is 6.16. The van der Waals surface area contributed by atoms with Gasteiger partial charge in [-0.1, -0.05) is 11.8 Å². The van der Waals surface area contributed by atoms with E-state index in [2.05, 4.69) is 31.8 Å². The van der Waals surface area contributed by atoms with Crippen molar-refractivity contribution >= 4 is 16.9 Å². The molecule has 0 radical (unpaired) electrons. The molecule has 1 N–H and O–H groups in total. The Hall–Kier alpha value is -4.30. The normalized spacial score (nSPS) is 17.9. The highest BCUT2D eigenvalue weighted by Crippen LogP contribution is 2.36. The molecule has 2 aliphatic rings. The highest BCUT2D eigenvalue weighted by atomic mass is 19.3. The standard InChI is InChI=1S/C31H35F3N8O3/c1-4-27(43)40-15-20(16-40)14-39-9-7-23(8-10-39)42-19(2)28(37-38-42)21-11-24-29(41(18-36-24)30(33)34)25(12-21)45-17-31(3,44)26-6-5-22(32)13-35-26/h4-6,11-13,18,20,23,30,44H,1,7-10,14-17H2,2-3H3. The molecule has 1 atom stereocenters. The van der Waals surface area contributed by atoms with Crippen molar-refractivity contribution in [2.75, 3.05) is 39.3 Å². The fraction of sp³-hybridized carbons (Fsp3) is 0.452. The number of alkyl halides is 2. The molecule has 238 valence electrons. The van der Waals surface area contributed by atoms with Crippen molar-refractivity contribution in [3.05, 3.63) is 66.6 Å². The van der Waals surface area contributed by atoms with Gasteiger partial charge in [-0.25, -0.2) is 14.1 Å². The van der Waals surface area contributed by atoms with Crippen molar-refractivity contribution in [3.8, 4) is 17.0 Å². The Labute approximate surface area is 257 Å². The number of carbonyl (C=O) groups is 1. The van der Waals surface area contributed by atoms with Gasteiger partial charge in [0.1, 0.15) is 41.3 Å². The van der Waals surface area contributed by atoms with Gasteiger partial charge < -0.3 is 19.6 Å². The first-order valence-corrected chi connectivity index (χ1v) is 14.9. The van der Waals surface area contributed by atoms with Gasteiger partial charge in [0.2, 0.25) is 5.91 Å². The van der Waals surface area contributed by atoms with Crippen LogP contribution in [0.15, 0.2) is 49.4 Å². The fourth-order valence-corrected chi connectivity index (χ4v) is 6.17. The first-order valence-electron chi connectivity index (χ1n) is 14.9. The maximum atomic E-state index is 13.9. The summed E-state index contributed by atoms with van der Waals surface area (Å²) in [5.41, 5.74) is 0.853. The maximum Gasteiger partial charge on any atom is 0.320 e. The monoisotopic (exact) mass is 624 g/mol. The molecule has 0 bridgehead atoms. The van der Waals surface area contributed by atoms with E-state index >= 15 is 0 Å². The second-order valence-electron chi connectivity index (χ2n) is 12.0. The van der Waals surface area contributed by atoms with Gasteiger partial charge in [0, 0.05) is 44.2 Å². The zero-order valence-corrected chi connectivity index (χ0v) is 25.1. The number of halogens is 3. The summed E-state index contributed by atoms with van der Waals surface area (Å²) in [4.78, 5) is 24.1. The van der Waals surface area contributed by atoms with Crippen molar-refractivity contribution in [1.82, 2.24) is 39.3 Å². The van der Waals surface area contributed by atoms with Crippen LogP contribution in [0.25, 0.3) is 22.3 Å². The van der Waals surface area contributed by atoms with Crippen LogP contribution in [-0.4, -0.2) is 89.7 Å². The first kappa shape index (κ1) is 30.7. The minimum absolute atomic E-state index is 0.0169. The van der Waals surface area contributed by atoms with E-state index in [1.54, 1.807) is 12.1 Å². The molecular weight excluding hydrogens is 589 g/mol. The lowest BCUT2D eigenvalue weighted by Crippen LogP contribution is -2.54. The summed E-state index contributed by atoms with van der Waals surface area (Å²) in [5, 5.41) is 19.9. The number of aromatic nitrogens is 6. The zero-order valence-electron chi connectivity index (χ0n) is 25.1. The van der Waals surface area contributed by atoms with Crippen LogP contribution in [0, 0.1) is 18.7 Å². The summed E-state index contributed by atoms with van der Waals surface area (Å²) < 4.78 is 49.8. The van der Waals surface area contributed by atoms with E-state index < -0.39 is 18.0 Å². The molecule has 2 saturated heterocycles. The van der Waals surface area contributed by atoms with Gasteiger partial charge in [0.05, 0.1) is 29.1 Å². The molecule has 5 heterocycles. The number of hydrogen-bond donors (Lipinski definition) is 1. The number of fused-ring (bicyclic) bond motifs is 1. The number of rotatable bonds is 10. The van der Waals surface area contributed by atoms with Gasteiger partial charge in [0.15, 0.2) is 0 Å². The van der Waals surface area contributed by atoms with E-state index in [0.29, 0.717) is 21.7 Å². The van der Waals surface area contributed by atoms with Crippen molar-refractivity contribution < 1.29 is 27.8 Å². The van der Waals surface area contributed by atoms with Gasteiger partial charge in [-0.15, -0.1) is 5.10 Å². The number of piperidine rings is 1. The van der Waals surface area contributed by atoms with Gasteiger partial charge >= 0.3 is 6.55 Å². The molecule has 1 aromatic carbocycles. The number of aliphatic hydroxyl groups is 1. The molecule has 6 rings (SSSR count). The highest BCUT2D eigenvalue weighted by Gasteiger charge is 2.33. The summed E-state index contributed by atoms with van der Waals surface area (Å²) in [6, 6.07) is 5.93. The Kier molecular flexibility index (Phi) is 8.35. The number of likely N-dealkylation sites (tertiary alicyclic amines) is 2. The van der Waals surface area contributed by atoms with Crippen molar-refractivity contribution in [2.45, 2.75) is 44.9 Å². The lowest BCUT2D eigenvalue weighted by molar-refractivity contribution is -0.132. The molecule has 14 heteroatoms. The summed E-state index contributed by atoms with van der Waals surface area (Å²) >= 11 is 0. The molecule has 3 aromatic heterocycles. The summed E-state index contributed by atoms with van der Waals surface area (Å²) in [6.45, 7) is 8.01. The van der Waals surface area contributed by atoms with Crippen molar-refractivity contribution in [1.29, 1.82) is 0 Å². The van der Waals surface area contributed by atoms with Crippen molar-refractivity contribution in [3.63, 3.8) is 0 Å². The fourth-order valence-electron chi connectivity index (χ4n) is 6.17. The number of pyridine rings is 1. The van der Waals surface area contributed by atoms with Gasteiger partial charge in [-0.05, 0) is 57.0 Å². The minimum atomic E-state index is -2.87. The number of carbonyl (C=O) groups excluding carboxylic acids is 1. The average Bonchev–Trinajstić information content (AvgIpc) is 3.61. The lowest BCUT2D eigenvalue weighted by Gasteiger charge is -2.42. The van der Waals surface area contributed by atoms with Crippen LogP contribution < -0.4 is 4.74 Å². The number of amides is 1. The second-order valence-corrected chi connectivity index (χ2v) is 12.0. The predicted octanol–water partition coefficient (Wildman–Crippen LogP) is 4.10. The third-order valence-electron chi connectivity index (χ3n) is 8.70. The van der Waals surface area contributed by atoms with Crippen molar-refractivity contribution in [2.24, 2.45) is 5.92 Å². The largest absolute Gasteiger partial charge is 0.488 e. The molecule has 0 saturated carbocycles. The first-order chi connectivity index (χ1) is 21.5. The number of ether oxygens (including phenoxy) is 1. The third-order valence-corrected chi connectivity index (χ3v) is 8.70. The minimum Gasteiger partial charge on any atom is -0.488 e. The molecule has 1 unspecified atom stereocenters. The second kappa shape index (κ2) is 12.2. The number of hydrogen-bond acceptors (Lipinski definition) is 8. The van der Waals surface area contributed by atoms with Crippen LogP contribution in [0.4, 0.5) is 13.2 Å². The van der Waals surface area contributed by atoms with E-state index in [9.17, 15) is 23.1 Å². The van der Waals surface area contributed by atoms with Crippen LogP contribution in [0.5, 0.6) is 5.75 Å². The quantitative estimate of drug-likeness (QED) is 0.263. The Bertz CT molecular complexity index is 1690. The van der Waals surface area contributed by atoms with Crippen LogP contribution in [0.3, 0.4) is 0 Å². The molecule has 2 aliphatic heterocycles. The molecule has 11 nitrogen and oxygen atoms in total. The molecule has 2 fully saturated rings. The summed E-state index contributed by atoms with van der Waals surface area (Å²) in [7, 11) is 0. The van der Waals surface area contributed by atoms with Crippen LogP contribution >= 0.6 is 0 Å². The molecule has 1 amide bonds. The lowest BCUT2D eigenvalue weighted by atomic mass is 9.97. The van der Waals surface area contributed by atoms with E-state index in [4.69, 9.17) is 4.74 Å². The van der Waals surface area contributed by atoms with E-state index in [-0.39, 0.29) is 41.0 Å². The number of nitrogens with zero attached hydrogens (tertiary/aromatic N) is 8. The smallest absolute Gasteiger partial charge is 0.320 e. The zero-order chi connectivity index (χ0) is 31.9. The van der Waals surface area contributed by atoms with E-state index in [1.807, 2.05) is 16.5 Å².